The second kappa shape index (κ2) is 4.91. The van der Waals surface area contributed by atoms with Crippen LogP contribution in [0.3, 0.4) is 0 Å². The third-order valence-electron chi connectivity index (χ3n) is 3.36. The highest BCUT2D eigenvalue weighted by molar-refractivity contribution is 5.05. The van der Waals surface area contributed by atoms with Crippen molar-refractivity contribution in [2.45, 2.75) is 45.6 Å². The van der Waals surface area contributed by atoms with Gasteiger partial charge in [0.05, 0.1) is 0 Å². The number of likely N-dealkylation sites (tertiary alicyclic amines) is 1. The molecule has 1 aliphatic rings. The van der Waals surface area contributed by atoms with E-state index >= 15 is 0 Å². The minimum atomic E-state index is 0.524. The van der Waals surface area contributed by atoms with E-state index in [1.165, 1.54) is 19.4 Å². The van der Waals surface area contributed by atoms with Crippen molar-refractivity contribution in [1.82, 2.24) is 14.9 Å². The van der Waals surface area contributed by atoms with Gasteiger partial charge in [0, 0.05) is 30.4 Å². The van der Waals surface area contributed by atoms with Crippen LogP contribution >= 0.6 is 0 Å². The van der Waals surface area contributed by atoms with E-state index in [2.05, 4.69) is 28.7 Å². The van der Waals surface area contributed by atoms with Gasteiger partial charge in [0.2, 0.25) is 0 Å². The van der Waals surface area contributed by atoms with Crippen molar-refractivity contribution in [1.29, 1.82) is 0 Å². The third kappa shape index (κ3) is 2.59. The summed E-state index contributed by atoms with van der Waals surface area (Å²) < 4.78 is 0. The van der Waals surface area contributed by atoms with Crippen LogP contribution in [0.2, 0.25) is 0 Å². The molecule has 1 unspecified atom stereocenters. The average molecular weight is 219 g/mol. The van der Waals surface area contributed by atoms with E-state index in [0.717, 1.165) is 18.1 Å². The minimum Gasteiger partial charge on any atom is -0.300 e. The van der Waals surface area contributed by atoms with Crippen LogP contribution in [0, 0.1) is 6.92 Å². The molecule has 0 amide bonds. The van der Waals surface area contributed by atoms with Gasteiger partial charge >= 0.3 is 0 Å². The van der Waals surface area contributed by atoms with Gasteiger partial charge in [0.1, 0.15) is 5.82 Å². The molecule has 0 spiro atoms. The first kappa shape index (κ1) is 11.5. The summed E-state index contributed by atoms with van der Waals surface area (Å²) in [5.41, 5.74) is 1.08. The van der Waals surface area contributed by atoms with Crippen LogP contribution in [0.4, 0.5) is 0 Å². The highest BCUT2D eigenvalue weighted by Crippen LogP contribution is 2.25. The summed E-state index contributed by atoms with van der Waals surface area (Å²) in [5.74, 6) is 1.56. The minimum absolute atomic E-state index is 0.524. The zero-order chi connectivity index (χ0) is 11.5. The maximum Gasteiger partial charge on any atom is 0.132 e. The Hall–Kier alpha value is -0.960. The Morgan fingerprint density at radius 3 is 2.94 bits per heavy atom. The molecule has 0 bridgehead atoms. The largest absolute Gasteiger partial charge is 0.300 e. The summed E-state index contributed by atoms with van der Waals surface area (Å²) in [5, 5.41) is 0. The monoisotopic (exact) mass is 219 g/mol. The molecular formula is C13H21N3. The average Bonchev–Trinajstić information content (AvgIpc) is 2.29. The van der Waals surface area contributed by atoms with Crippen molar-refractivity contribution in [2.24, 2.45) is 0 Å². The highest BCUT2D eigenvalue weighted by atomic mass is 15.2. The Morgan fingerprint density at radius 1 is 1.44 bits per heavy atom. The molecular weight excluding hydrogens is 198 g/mol. The van der Waals surface area contributed by atoms with Gasteiger partial charge in [0.25, 0.3) is 0 Å². The number of aryl methyl sites for hydroxylation is 1. The summed E-state index contributed by atoms with van der Waals surface area (Å²) in [4.78, 5) is 11.5. The quantitative estimate of drug-likeness (QED) is 0.764. The molecule has 16 heavy (non-hydrogen) atoms. The van der Waals surface area contributed by atoms with Gasteiger partial charge in [-0.1, -0.05) is 0 Å². The fraction of sp³-hybridized carbons (Fsp3) is 0.692. The molecule has 1 aromatic rings. The Bertz CT molecular complexity index is 349. The summed E-state index contributed by atoms with van der Waals surface area (Å²) in [6.45, 7) is 8.90. The lowest BCUT2D eigenvalue weighted by atomic mass is 9.96. The van der Waals surface area contributed by atoms with Crippen LogP contribution < -0.4 is 0 Å². The summed E-state index contributed by atoms with van der Waals surface area (Å²) in [6.07, 6.45) is 4.37. The molecule has 1 aliphatic heterocycles. The van der Waals surface area contributed by atoms with Crippen LogP contribution in [-0.4, -0.2) is 34.0 Å². The van der Waals surface area contributed by atoms with Gasteiger partial charge in [0.15, 0.2) is 0 Å². The number of hydrogen-bond acceptors (Lipinski definition) is 3. The van der Waals surface area contributed by atoms with E-state index < -0.39 is 0 Å². The number of nitrogens with zero attached hydrogens (tertiary/aromatic N) is 3. The first-order chi connectivity index (χ1) is 7.66. The molecule has 0 saturated carbocycles. The highest BCUT2D eigenvalue weighted by Gasteiger charge is 2.24. The summed E-state index contributed by atoms with van der Waals surface area (Å²) >= 11 is 0. The second-order valence-electron chi connectivity index (χ2n) is 4.98. The van der Waals surface area contributed by atoms with E-state index in [1.54, 1.807) is 0 Å². The van der Waals surface area contributed by atoms with Gasteiger partial charge in [-0.05, 0) is 46.2 Å². The number of piperidine rings is 1. The van der Waals surface area contributed by atoms with Gasteiger partial charge < -0.3 is 4.90 Å². The predicted octanol–water partition coefficient (Wildman–Crippen LogP) is 2.37. The first-order valence-corrected chi connectivity index (χ1v) is 6.20. The van der Waals surface area contributed by atoms with Crippen molar-refractivity contribution in [3.8, 4) is 0 Å². The zero-order valence-electron chi connectivity index (χ0n) is 10.5. The van der Waals surface area contributed by atoms with Gasteiger partial charge in [-0.3, -0.25) is 0 Å². The molecule has 2 heterocycles. The maximum absolute atomic E-state index is 4.55. The van der Waals surface area contributed by atoms with Crippen molar-refractivity contribution in [3.05, 3.63) is 23.8 Å². The SMILES string of the molecule is Cc1ccnc(C2CCCN(C(C)C)C2)n1. The van der Waals surface area contributed by atoms with Gasteiger partial charge in [-0.2, -0.15) is 0 Å². The van der Waals surface area contributed by atoms with Crippen LogP contribution in [0.1, 0.15) is 44.1 Å². The van der Waals surface area contributed by atoms with Crippen LogP contribution in [0.15, 0.2) is 12.3 Å². The van der Waals surface area contributed by atoms with Crippen molar-refractivity contribution in [3.63, 3.8) is 0 Å². The maximum atomic E-state index is 4.55. The van der Waals surface area contributed by atoms with E-state index in [9.17, 15) is 0 Å². The molecule has 3 heteroatoms. The van der Waals surface area contributed by atoms with Crippen molar-refractivity contribution < 1.29 is 0 Å². The Balaban J connectivity index is 2.09. The van der Waals surface area contributed by atoms with Crippen molar-refractivity contribution in [2.75, 3.05) is 13.1 Å². The third-order valence-corrected chi connectivity index (χ3v) is 3.36. The fourth-order valence-electron chi connectivity index (χ4n) is 2.35. The first-order valence-electron chi connectivity index (χ1n) is 6.20. The Labute approximate surface area is 97.9 Å². The van der Waals surface area contributed by atoms with Gasteiger partial charge in [-0.15, -0.1) is 0 Å². The normalized spacial score (nSPS) is 22.6. The van der Waals surface area contributed by atoms with Gasteiger partial charge in [-0.25, -0.2) is 9.97 Å². The molecule has 0 N–H and O–H groups in total. The molecule has 3 nitrogen and oxygen atoms in total. The topological polar surface area (TPSA) is 29.0 Å². The van der Waals surface area contributed by atoms with Crippen LogP contribution in [0.25, 0.3) is 0 Å². The standard InChI is InChI=1S/C13H21N3/c1-10(2)16-8-4-5-12(9-16)13-14-7-6-11(3)15-13/h6-7,10,12H,4-5,8-9H2,1-3H3. The lowest BCUT2D eigenvalue weighted by Gasteiger charge is -2.34. The zero-order valence-corrected chi connectivity index (χ0v) is 10.5. The lowest BCUT2D eigenvalue weighted by molar-refractivity contribution is 0.164. The smallest absolute Gasteiger partial charge is 0.132 e. The molecule has 1 aromatic heterocycles. The van der Waals surface area contributed by atoms with E-state index in [1.807, 2.05) is 19.2 Å². The van der Waals surface area contributed by atoms with Crippen LogP contribution in [0.5, 0.6) is 0 Å². The Morgan fingerprint density at radius 2 is 2.25 bits per heavy atom. The molecule has 1 saturated heterocycles. The van der Waals surface area contributed by atoms with Crippen molar-refractivity contribution >= 4 is 0 Å². The summed E-state index contributed by atoms with van der Waals surface area (Å²) in [7, 11) is 0. The van der Waals surface area contributed by atoms with E-state index in [-0.39, 0.29) is 0 Å². The second-order valence-corrected chi connectivity index (χ2v) is 4.98. The number of hydrogen-bond donors (Lipinski definition) is 0. The Kier molecular flexibility index (Phi) is 3.54. The number of aromatic nitrogens is 2. The number of rotatable bonds is 2. The molecule has 0 aliphatic carbocycles. The lowest BCUT2D eigenvalue weighted by Crippen LogP contribution is -2.39. The fourth-order valence-corrected chi connectivity index (χ4v) is 2.35. The molecule has 1 atom stereocenters. The molecule has 0 aromatic carbocycles. The van der Waals surface area contributed by atoms with E-state index in [4.69, 9.17) is 0 Å². The molecule has 2 rings (SSSR count). The molecule has 0 radical (unpaired) electrons. The summed E-state index contributed by atoms with van der Waals surface area (Å²) in [6, 6.07) is 2.60. The molecule has 88 valence electrons. The van der Waals surface area contributed by atoms with E-state index in [0.29, 0.717) is 12.0 Å². The molecule has 1 fully saturated rings. The van der Waals surface area contributed by atoms with Crippen LogP contribution in [-0.2, 0) is 0 Å². The predicted molar refractivity (Wildman–Crippen MR) is 65.5 cm³/mol.